The number of furan rings is 1. The molecule has 190 valence electrons. The number of hydrogen-bond acceptors (Lipinski definition) is 7. The molecule has 1 fully saturated rings. The number of benzene rings is 1. The van der Waals surface area contributed by atoms with Gasteiger partial charge in [-0.15, -0.1) is 0 Å². The maximum atomic E-state index is 13.3. The summed E-state index contributed by atoms with van der Waals surface area (Å²) in [7, 11) is -3.84. The highest BCUT2D eigenvalue weighted by molar-refractivity contribution is 7.89. The van der Waals surface area contributed by atoms with Crippen molar-refractivity contribution in [3.05, 3.63) is 66.8 Å². The molecule has 1 saturated heterocycles. The molecular formula is C25H29N5O5S. The lowest BCUT2D eigenvalue weighted by Gasteiger charge is -2.44. The van der Waals surface area contributed by atoms with Crippen LogP contribution in [0.5, 0.6) is 0 Å². The van der Waals surface area contributed by atoms with Crippen molar-refractivity contribution in [2.45, 2.75) is 44.3 Å². The van der Waals surface area contributed by atoms with Crippen LogP contribution < -0.4 is 5.32 Å². The van der Waals surface area contributed by atoms with Gasteiger partial charge in [-0.05, 0) is 31.2 Å². The third kappa shape index (κ3) is 5.31. The minimum atomic E-state index is -3.84. The van der Waals surface area contributed by atoms with Gasteiger partial charge in [-0.3, -0.25) is 14.6 Å². The SMILES string of the molecule is CC(C)C(=O)N1[C@H](C)CN(S(=O)(=O)c2ccccc2)C[C@@H]1C(=O)NCc1cnc(-c2ccco2)cn1. The van der Waals surface area contributed by atoms with Gasteiger partial charge in [0.1, 0.15) is 11.7 Å². The summed E-state index contributed by atoms with van der Waals surface area (Å²) >= 11 is 0. The van der Waals surface area contributed by atoms with Crippen molar-refractivity contribution in [1.82, 2.24) is 24.5 Å². The van der Waals surface area contributed by atoms with E-state index in [4.69, 9.17) is 4.42 Å². The van der Waals surface area contributed by atoms with Crippen LogP contribution in [0.25, 0.3) is 11.5 Å². The van der Waals surface area contributed by atoms with Gasteiger partial charge in [0.15, 0.2) is 5.76 Å². The zero-order chi connectivity index (χ0) is 25.9. The van der Waals surface area contributed by atoms with E-state index in [0.717, 1.165) is 0 Å². The first kappa shape index (κ1) is 25.5. The number of nitrogens with zero attached hydrogens (tertiary/aromatic N) is 4. The molecule has 2 atom stereocenters. The molecule has 0 spiro atoms. The van der Waals surface area contributed by atoms with Crippen molar-refractivity contribution in [3.8, 4) is 11.5 Å². The van der Waals surface area contributed by atoms with Crippen LogP contribution >= 0.6 is 0 Å². The van der Waals surface area contributed by atoms with Crippen LogP contribution in [0.15, 0.2) is 70.4 Å². The van der Waals surface area contributed by atoms with Gasteiger partial charge >= 0.3 is 0 Å². The molecule has 1 aliphatic rings. The lowest BCUT2D eigenvalue weighted by atomic mass is 10.0. The summed E-state index contributed by atoms with van der Waals surface area (Å²) in [5.41, 5.74) is 1.07. The number of amides is 2. The molecule has 0 unspecified atom stereocenters. The molecule has 1 aliphatic heterocycles. The van der Waals surface area contributed by atoms with Gasteiger partial charge < -0.3 is 14.6 Å². The van der Waals surface area contributed by atoms with E-state index in [2.05, 4.69) is 15.3 Å². The Bertz CT molecular complexity index is 1290. The lowest BCUT2D eigenvalue weighted by Crippen LogP contribution is -2.65. The number of rotatable bonds is 7. The fraction of sp³-hybridized carbons (Fsp3) is 0.360. The van der Waals surface area contributed by atoms with Crippen molar-refractivity contribution in [2.24, 2.45) is 5.92 Å². The Morgan fingerprint density at radius 1 is 1.08 bits per heavy atom. The third-order valence-corrected chi connectivity index (χ3v) is 7.86. The Balaban J connectivity index is 1.53. The first-order chi connectivity index (χ1) is 17.2. The number of piperazine rings is 1. The molecule has 1 N–H and O–H groups in total. The molecule has 2 amide bonds. The Morgan fingerprint density at radius 3 is 2.44 bits per heavy atom. The first-order valence-corrected chi connectivity index (χ1v) is 13.1. The molecule has 0 bridgehead atoms. The topological polar surface area (TPSA) is 126 Å². The first-order valence-electron chi connectivity index (χ1n) is 11.7. The van der Waals surface area contributed by atoms with Gasteiger partial charge in [-0.2, -0.15) is 4.31 Å². The van der Waals surface area contributed by atoms with E-state index in [1.165, 1.54) is 27.5 Å². The summed E-state index contributed by atoms with van der Waals surface area (Å²) < 4.78 is 33.2. The number of nitrogens with one attached hydrogen (secondary N) is 1. The molecule has 3 aromatic rings. The zero-order valence-electron chi connectivity index (χ0n) is 20.4. The number of carbonyl (C=O) groups is 2. The molecule has 4 rings (SSSR count). The average molecular weight is 512 g/mol. The normalized spacial score (nSPS) is 18.8. The number of sulfonamides is 1. The van der Waals surface area contributed by atoms with Crippen LogP contribution in [0.2, 0.25) is 0 Å². The summed E-state index contributed by atoms with van der Waals surface area (Å²) in [6.07, 6.45) is 4.62. The minimum absolute atomic E-state index is 0.0737. The Hall–Kier alpha value is -3.57. The highest BCUT2D eigenvalue weighted by atomic mass is 32.2. The Labute approximate surface area is 210 Å². The smallest absolute Gasteiger partial charge is 0.244 e. The van der Waals surface area contributed by atoms with E-state index in [-0.39, 0.29) is 36.4 Å². The molecule has 11 heteroatoms. The minimum Gasteiger partial charge on any atom is -0.463 e. The predicted molar refractivity (Wildman–Crippen MR) is 132 cm³/mol. The second-order valence-corrected chi connectivity index (χ2v) is 10.9. The summed E-state index contributed by atoms with van der Waals surface area (Å²) in [5.74, 6) is -0.431. The summed E-state index contributed by atoms with van der Waals surface area (Å²) in [4.78, 5) is 36.6. The van der Waals surface area contributed by atoms with E-state index in [1.807, 2.05) is 0 Å². The fourth-order valence-electron chi connectivity index (χ4n) is 4.15. The average Bonchev–Trinajstić information content (AvgIpc) is 3.42. The number of carbonyl (C=O) groups excluding carboxylic acids is 2. The van der Waals surface area contributed by atoms with Crippen molar-refractivity contribution in [2.75, 3.05) is 13.1 Å². The van der Waals surface area contributed by atoms with Crippen LogP contribution in [0.4, 0.5) is 0 Å². The molecule has 0 saturated carbocycles. The maximum absolute atomic E-state index is 13.3. The monoisotopic (exact) mass is 511 g/mol. The number of hydrogen-bond donors (Lipinski definition) is 1. The lowest BCUT2D eigenvalue weighted by molar-refractivity contribution is -0.148. The summed E-state index contributed by atoms with van der Waals surface area (Å²) in [6, 6.07) is 10.1. The van der Waals surface area contributed by atoms with Crippen LogP contribution in [0, 0.1) is 5.92 Å². The molecule has 2 aromatic heterocycles. The molecule has 0 aliphatic carbocycles. The largest absolute Gasteiger partial charge is 0.463 e. The molecule has 0 radical (unpaired) electrons. The second kappa shape index (κ2) is 10.6. The predicted octanol–water partition coefficient (Wildman–Crippen LogP) is 2.30. The zero-order valence-corrected chi connectivity index (χ0v) is 21.2. The van der Waals surface area contributed by atoms with E-state index in [1.54, 1.807) is 63.6 Å². The van der Waals surface area contributed by atoms with Crippen molar-refractivity contribution < 1.29 is 22.4 Å². The van der Waals surface area contributed by atoms with Gasteiger partial charge in [0.05, 0.1) is 35.8 Å². The van der Waals surface area contributed by atoms with Gasteiger partial charge in [-0.25, -0.2) is 13.4 Å². The maximum Gasteiger partial charge on any atom is 0.244 e. The van der Waals surface area contributed by atoms with Crippen LogP contribution in [0.3, 0.4) is 0 Å². The second-order valence-electron chi connectivity index (χ2n) is 8.99. The Kier molecular flexibility index (Phi) is 7.51. The van der Waals surface area contributed by atoms with E-state index in [9.17, 15) is 18.0 Å². The number of aromatic nitrogens is 2. The fourth-order valence-corrected chi connectivity index (χ4v) is 5.70. The highest BCUT2D eigenvalue weighted by Gasteiger charge is 2.43. The van der Waals surface area contributed by atoms with E-state index < -0.39 is 28.0 Å². The van der Waals surface area contributed by atoms with Crippen LogP contribution in [-0.2, 0) is 26.2 Å². The van der Waals surface area contributed by atoms with Crippen molar-refractivity contribution in [1.29, 1.82) is 0 Å². The van der Waals surface area contributed by atoms with Crippen LogP contribution in [0.1, 0.15) is 26.5 Å². The quantitative estimate of drug-likeness (QED) is 0.516. The van der Waals surface area contributed by atoms with Gasteiger partial charge in [0, 0.05) is 25.0 Å². The molecular weight excluding hydrogens is 482 g/mol. The summed E-state index contributed by atoms with van der Waals surface area (Å²) in [6.45, 7) is 5.30. The van der Waals surface area contributed by atoms with E-state index >= 15 is 0 Å². The Morgan fingerprint density at radius 2 is 1.83 bits per heavy atom. The third-order valence-electron chi connectivity index (χ3n) is 6.01. The summed E-state index contributed by atoms with van der Waals surface area (Å²) in [5, 5.41) is 2.80. The molecule has 3 heterocycles. The van der Waals surface area contributed by atoms with Gasteiger partial charge in [0.25, 0.3) is 0 Å². The van der Waals surface area contributed by atoms with E-state index in [0.29, 0.717) is 17.1 Å². The standard InChI is InChI=1S/C25H29N5O5S/c1-17(2)25(32)30-18(3)15-29(36(33,34)20-8-5-4-6-9-20)16-22(30)24(31)28-13-19-12-27-21(14-26-19)23-10-7-11-35-23/h4-12,14,17-18,22H,13,15-16H2,1-3H3,(H,28,31)/t18-,22-/m1/s1. The van der Waals surface area contributed by atoms with Gasteiger partial charge in [-0.1, -0.05) is 32.0 Å². The van der Waals surface area contributed by atoms with Crippen molar-refractivity contribution in [3.63, 3.8) is 0 Å². The van der Waals surface area contributed by atoms with Crippen molar-refractivity contribution >= 4 is 21.8 Å². The molecule has 1 aromatic carbocycles. The molecule has 10 nitrogen and oxygen atoms in total. The highest BCUT2D eigenvalue weighted by Crippen LogP contribution is 2.25. The van der Waals surface area contributed by atoms with Gasteiger partial charge in [0.2, 0.25) is 21.8 Å². The molecule has 36 heavy (non-hydrogen) atoms. The van der Waals surface area contributed by atoms with Crippen LogP contribution in [-0.4, -0.2) is 64.6 Å².